The third kappa shape index (κ3) is 4.56. The smallest absolute Gasteiger partial charge is 0.232 e. The van der Waals surface area contributed by atoms with Gasteiger partial charge in [-0.3, -0.25) is 9.36 Å². The minimum absolute atomic E-state index is 0.00335. The van der Waals surface area contributed by atoms with Gasteiger partial charge < -0.3 is 15.0 Å². The van der Waals surface area contributed by atoms with Gasteiger partial charge in [0.05, 0.1) is 24.7 Å². The number of nitrogens with one attached hydrogen (secondary N) is 1. The molecule has 0 atom stereocenters. The molecule has 1 aliphatic rings. The first-order chi connectivity index (χ1) is 12.5. The van der Waals surface area contributed by atoms with Crippen LogP contribution in [0.5, 0.6) is 0 Å². The van der Waals surface area contributed by atoms with Crippen molar-refractivity contribution in [3.8, 4) is 5.69 Å². The first-order valence-corrected chi connectivity index (χ1v) is 9.80. The maximum atomic E-state index is 12.0. The number of amides is 1. The number of ether oxygens (including phenoxy) is 1. The standard InChI is InChI=1S/C18H25N5O2S/c1-13(2)19-16(24)12-26-18-21-20-17(22-8-10-25-11-9-22)23(18)15-6-4-14(3)5-7-15/h4-7,13H,8-12H2,1-3H3,(H,19,24). The minimum Gasteiger partial charge on any atom is -0.378 e. The van der Waals surface area contributed by atoms with Crippen LogP contribution in [-0.2, 0) is 9.53 Å². The first-order valence-electron chi connectivity index (χ1n) is 8.82. The highest BCUT2D eigenvalue weighted by molar-refractivity contribution is 7.99. The Hall–Kier alpha value is -2.06. The van der Waals surface area contributed by atoms with E-state index < -0.39 is 0 Å². The summed E-state index contributed by atoms with van der Waals surface area (Å²) >= 11 is 1.40. The molecule has 1 fully saturated rings. The predicted molar refractivity (Wildman–Crippen MR) is 103 cm³/mol. The molecule has 1 aromatic heterocycles. The van der Waals surface area contributed by atoms with Crippen molar-refractivity contribution in [1.82, 2.24) is 20.1 Å². The van der Waals surface area contributed by atoms with Gasteiger partial charge in [0.25, 0.3) is 0 Å². The lowest BCUT2D eigenvalue weighted by atomic mass is 10.2. The van der Waals surface area contributed by atoms with Gasteiger partial charge in [0.2, 0.25) is 11.9 Å². The van der Waals surface area contributed by atoms with E-state index >= 15 is 0 Å². The number of morpholine rings is 1. The molecule has 0 bridgehead atoms. The molecule has 2 aromatic rings. The number of carbonyl (C=O) groups excluding carboxylic acids is 1. The zero-order chi connectivity index (χ0) is 18.5. The number of nitrogens with zero attached hydrogens (tertiary/aromatic N) is 4. The fourth-order valence-electron chi connectivity index (χ4n) is 2.74. The van der Waals surface area contributed by atoms with E-state index in [9.17, 15) is 4.79 Å². The molecule has 140 valence electrons. The highest BCUT2D eigenvalue weighted by atomic mass is 32.2. The molecule has 8 heteroatoms. The van der Waals surface area contributed by atoms with Crippen LogP contribution in [0.3, 0.4) is 0 Å². The summed E-state index contributed by atoms with van der Waals surface area (Å²) in [5.74, 6) is 1.10. The summed E-state index contributed by atoms with van der Waals surface area (Å²) < 4.78 is 7.47. The molecule has 0 unspecified atom stereocenters. The number of benzene rings is 1. The molecule has 0 spiro atoms. The van der Waals surface area contributed by atoms with Crippen LogP contribution >= 0.6 is 11.8 Å². The van der Waals surface area contributed by atoms with Crippen molar-refractivity contribution >= 4 is 23.6 Å². The molecule has 3 rings (SSSR count). The van der Waals surface area contributed by atoms with Crippen LogP contribution in [-0.4, -0.2) is 58.8 Å². The zero-order valence-corrected chi connectivity index (χ0v) is 16.3. The third-order valence-corrected chi connectivity index (χ3v) is 4.91. The average Bonchev–Trinajstić information content (AvgIpc) is 3.05. The molecule has 7 nitrogen and oxygen atoms in total. The molecule has 0 aliphatic carbocycles. The fraction of sp³-hybridized carbons (Fsp3) is 0.500. The minimum atomic E-state index is -0.00335. The number of aryl methyl sites for hydroxylation is 1. The summed E-state index contributed by atoms with van der Waals surface area (Å²) in [6.07, 6.45) is 0. The molecule has 0 radical (unpaired) electrons. The number of rotatable bonds is 6. The van der Waals surface area contributed by atoms with Crippen LogP contribution in [0.25, 0.3) is 5.69 Å². The van der Waals surface area contributed by atoms with Crippen molar-refractivity contribution in [1.29, 1.82) is 0 Å². The molecule has 0 saturated carbocycles. The van der Waals surface area contributed by atoms with Gasteiger partial charge in [-0.1, -0.05) is 29.5 Å². The summed E-state index contributed by atoms with van der Waals surface area (Å²) in [6.45, 7) is 8.89. The Labute approximate surface area is 158 Å². The van der Waals surface area contributed by atoms with Crippen molar-refractivity contribution in [2.45, 2.75) is 32.0 Å². The van der Waals surface area contributed by atoms with Crippen LogP contribution in [0.4, 0.5) is 5.95 Å². The van der Waals surface area contributed by atoms with E-state index in [0.29, 0.717) is 24.1 Å². The molecule has 1 aliphatic heterocycles. The maximum absolute atomic E-state index is 12.0. The van der Waals surface area contributed by atoms with E-state index in [1.54, 1.807) is 0 Å². The quantitative estimate of drug-likeness (QED) is 0.779. The van der Waals surface area contributed by atoms with Gasteiger partial charge in [0.15, 0.2) is 5.16 Å². The summed E-state index contributed by atoms with van der Waals surface area (Å²) in [5, 5.41) is 12.4. The normalized spacial score (nSPS) is 14.7. The van der Waals surface area contributed by atoms with Gasteiger partial charge in [0, 0.05) is 19.1 Å². The van der Waals surface area contributed by atoms with Crippen LogP contribution in [0.2, 0.25) is 0 Å². The molecule has 1 N–H and O–H groups in total. The lowest BCUT2D eigenvalue weighted by molar-refractivity contribution is -0.119. The van der Waals surface area contributed by atoms with Crippen molar-refractivity contribution < 1.29 is 9.53 Å². The van der Waals surface area contributed by atoms with Crippen LogP contribution in [0.1, 0.15) is 19.4 Å². The number of thioether (sulfide) groups is 1. The van der Waals surface area contributed by atoms with Gasteiger partial charge in [-0.2, -0.15) is 0 Å². The summed E-state index contributed by atoms with van der Waals surface area (Å²) in [4.78, 5) is 14.2. The zero-order valence-electron chi connectivity index (χ0n) is 15.4. The topological polar surface area (TPSA) is 72.3 Å². The van der Waals surface area contributed by atoms with E-state index in [2.05, 4.69) is 51.6 Å². The van der Waals surface area contributed by atoms with Gasteiger partial charge in [0.1, 0.15) is 0 Å². The van der Waals surface area contributed by atoms with E-state index in [1.165, 1.54) is 17.3 Å². The molecule has 26 heavy (non-hydrogen) atoms. The van der Waals surface area contributed by atoms with Crippen molar-refractivity contribution in [2.24, 2.45) is 0 Å². The van der Waals surface area contributed by atoms with Crippen molar-refractivity contribution in [2.75, 3.05) is 37.0 Å². The van der Waals surface area contributed by atoms with E-state index in [1.807, 2.05) is 18.4 Å². The summed E-state index contributed by atoms with van der Waals surface area (Å²) in [5.41, 5.74) is 2.19. The van der Waals surface area contributed by atoms with E-state index in [-0.39, 0.29) is 11.9 Å². The van der Waals surface area contributed by atoms with E-state index in [4.69, 9.17) is 4.74 Å². The number of hydrogen-bond acceptors (Lipinski definition) is 6. The second kappa shape index (κ2) is 8.55. The Morgan fingerprint density at radius 1 is 1.23 bits per heavy atom. The fourth-order valence-corrected chi connectivity index (χ4v) is 3.50. The van der Waals surface area contributed by atoms with Gasteiger partial charge in [-0.05, 0) is 32.9 Å². The number of aromatic nitrogens is 3. The number of hydrogen-bond donors (Lipinski definition) is 1. The molecule has 1 saturated heterocycles. The third-order valence-electron chi connectivity index (χ3n) is 3.98. The van der Waals surface area contributed by atoms with Gasteiger partial charge >= 0.3 is 0 Å². The largest absolute Gasteiger partial charge is 0.378 e. The second-order valence-corrected chi connectivity index (χ2v) is 7.51. The molecule has 2 heterocycles. The van der Waals surface area contributed by atoms with Crippen LogP contribution < -0.4 is 10.2 Å². The Bertz CT molecular complexity index is 739. The Morgan fingerprint density at radius 2 is 1.92 bits per heavy atom. The number of carbonyl (C=O) groups is 1. The Morgan fingerprint density at radius 3 is 2.58 bits per heavy atom. The van der Waals surface area contributed by atoms with Gasteiger partial charge in [-0.25, -0.2) is 0 Å². The second-order valence-electron chi connectivity index (χ2n) is 6.56. The predicted octanol–water partition coefficient (Wildman–Crippen LogP) is 2.03. The highest BCUT2D eigenvalue weighted by Gasteiger charge is 2.22. The monoisotopic (exact) mass is 375 g/mol. The van der Waals surface area contributed by atoms with Crippen molar-refractivity contribution in [3.63, 3.8) is 0 Å². The lowest BCUT2D eigenvalue weighted by Gasteiger charge is -2.28. The van der Waals surface area contributed by atoms with Crippen molar-refractivity contribution in [3.05, 3.63) is 29.8 Å². The average molecular weight is 375 g/mol. The molecular formula is C18H25N5O2S. The molecule has 1 aromatic carbocycles. The van der Waals surface area contributed by atoms with Crippen LogP contribution in [0.15, 0.2) is 29.4 Å². The summed E-state index contributed by atoms with van der Waals surface area (Å²) in [7, 11) is 0. The maximum Gasteiger partial charge on any atom is 0.232 e. The number of anilines is 1. The van der Waals surface area contributed by atoms with Crippen LogP contribution in [0, 0.1) is 6.92 Å². The lowest BCUT2D eigenvalue weighted by Crippen LogP contribution is -2.37. The van der Waals surface area contributed by atoms with E-state index in [0.717, 1.165) is 24.7 Å². The SMILES string of the molecule is Cc1ccc(-n2c(SCC(=O)NC(C)C)nnc2N2CCOCC2)cc1. The molecule has 1 amide bonds. The Balaban J connectivity index is 1.87. The summed E-state index contributed by atoms with van der Waals surface area (Å²) in [6, 6.07) is 8.38. The van der Waals surface area contributed by atoms with Gasteiger partial charge in [-0.15, -0.1) is 10.2 Å². The first kappa shape index (κ1) is 18.7. The highest BCUT2D eigenvalue weighted by Crippen LogP contribution is 2.27. The Kier molecular flexibility index (Phi) is 6.16. The molecular weight excluding hydrogens is 350 g/mol.